The fraction of sp³-hybridized carbons (Fsp3) is 0.115. The highest BCUT2D eigenvalue weighted by Gasteiger charge is 2.20. The Morgan fingerprint density at radius 3 is 2.67 bits per heavy atom. The Balaban J connectivity index is 1.63. The minimum atomic E-state index is -1.18. The van der Waals surface area contributed by atoms with Crippen LogP contribution in [-0.2, 0) is 13.0 Å². The number of rotatable bonds is 7. The van der Waals surface area contributed by atoms with Crippen molar-refractivity contribution < 1.29 is 19.4 Å². The lowest BCUT2D eigenvalue weighted by Crippen LogP contribution is -2.06. The normalized spacial score (nSPS) is 11.1. The van der Waals surface area contributed by atoms with Crippen LogP contribution in [-0.4, -0.2) is 40.9 Å². The zero-order valence-corrected chi connectivity index (χ0v) is 19.2. The number of aromatic hydroxyl groups is 1. The summed E-state index contributed by atoms with van der Waals surface area (Å²) in [6, 6.07) is 13.8. The molecule has 0 fully saturated rings. The molecule has 2 aromatic carbocycles. The Kier molecular flexibility index (Phi) is 5.99. The molecular weight excluding hydrogens is 463 g/mol. The predicted molar refractivity (Wildman–Crippen MR) is 132 cm³/mol. The number of pyridine rings is 1. The van der Waals surface area contributed by atoms with Gasteiger partial charge in [-0.1, -0.05) is 37.3 Å². The number of halogens is 1. The number of nitrogens with one attached hydrogen (secondary N) is 1. The molecular formula is C26H21FN6O3. The average molecular weight is 484 g/mol. The molecule has 0 aliphatic heterocycles. The second-order valence-electron chi connectivity index (χ2n) is 8.04. The summed E-state index contributed by atoms with van der Waals surface area (Å²) >= 11 is 0. The van der Waals surface area contributed by atoms with E-state index in [9.17, 15) is 19.4 Å². The van der Waals surface area contributed by atoms with Gasteiger partial charge < -0.3 is 15.5 Å². The number of aromatic nitrogens is 5. The number of fused-ring (bicyclic) bond motifs is 1. The summed E-state index contributed by atoms with van der Waals surface area (Å²) in [5, 5.41) is 28.3. The van der Waals surface area contributed by atoms with E-state index >= 15 is 0 Å². The van der Waals surface area contributed by atoms with Crippen LogP contribution in [0, 0.1) is 5.82 Å². The number of hydrogen-bond donors (Lipinski definition) is 3. The van der Waals surface area contributed by atoms with Crippen LogP contribution in [0.25, 0.3) is 22.4 Å². The van der Waals surface area contributed by atoms with Crippen molar-refractivity contribution in [1.29, 1.82) is 0 Å². The molecule has 0 amide bonds. The van der Waals surface area contributed by atoms with E-state index in [0.29, 0.717) is 11.3 Å². The van der Waals surface area contributed by atoms with Gasteiger partial charge in [0.25, 0.3) is 0 Å². The van der Waals surface area contributed by atoms with Gasteiger partial charge in [0.05, 0.1) is 23.9 Å². The minimum absolute atomic E-state index is 0.0134. The molecule has 5 rings (SSSR count). The zero-order chi connectivity index (χ0) is 25.2. The van der Waals surface area contributed by atoms with Crippen molar-refractivity contribution in [2.45, 2.75) is 19.9 Å². The molecule has 0 aliphatic rings. The van der Waals surface area contributed by atoms with E-state index in [2.05, 4.69) is 20.3 Å². The summed E-state index contributed by atoms with van der Waals surface area (Å²) in [6.45, 7) is 2.23. The van der Waals surface area contributed by atoms with Crippen LogP contribution in [0.5, 0.6) is 5.75 Å². The van der Waals surface area contributed by atoms with Gasteiger partial charge in [0.15, 0.2) is 17.4 Å². The molecule has 3 N–H and O–H groups in total. The van der Waals surface area contributed by atoms with Crippen LogP contribution < -0.4 is 5.32 Å². The van der Waals surface area contributed by atoms with Gasteiger partial charge in [0, 0.05) is 23.3 Å². The van der Waals surface area contributed by atoms with E-state index in [1.807, 2.05) is 25.1 Å². The number of carboxylic acid groups (broad SMARTS) is 1. The molecule has 36 heavy (non-hydrogen) atoms. The van der Waals surface area contributed by atoms with Crippen molar-refractivity contribution in [2.24, 2.45) is 0 Å². The van der Waals surface area contributed by atoms with E-state index in [1.165, 1.54) is 30.7 Å². The molecule has 3 aromatic heterocycles. The molecule has 5 aromatic rings. The van der Waals surface area contributed by atoms with Crippen molar-refractivity contribution >= 4 is 28.4 Å². The maximum Gasteiger partial charge on any atom is 0.339 e. The van der Waals surface area contributed by atoms with E-state index in [1.54, 1.807) is 22.9 Å². The Morgan fingerprint density at radius 1 is 1.08 bits per heavy atom. The number of benzene rings is 2. The van der Waals surface area contributed by atoms with Crippen LogP contribution >= 0.6 is 0 Å². The predicted octanol–water partition coefficient (Wildman–Crippen LogP) is 4.79. The third-order valence-corrected chi connectivity index (χ3v) is 5.81. The lowest BCUT2D eigenvalue weighted by Gasteiger charge is -2.10. The zero-order valence-electron chi connectivity index (χ0n) is 19.2. The first-order valence-electron chi connectivity index (χ1n) is 11.2. The van der Waals surface area contributed by atoms with Crippen molar-refractivity contribution in [3.05, 3.63) is 89.6 Å². The standard InChI is InChI=1S/C26H21FN6O3/c1-2-15-7-5-9-20-22(15)23(32-33(20)14-16-6-3-4-8-18(16)27)25-29-13-21(34)24(31-25)30-19-10-11-28-12-17(19)26(35)36/h3-13,34H,2,14H2,1H3,(H,35,36)(H,28,29,30,31). The molecule has 0 spiro atoms. The Hall–Kier alpha value is -4.86. The van der Waals surface area contributed by atoms with Gasteiger partial charge in [-0.15, -0.1) is 0 Å². The largest absolute Gasteiger partial charge is 0.503 e. The number of anilines is 2. The first-order chi connectivity index (χ1) is 17.5. The van der Waals surface area contributed by atoms with Crippen molar-refractivity contribution in [2.75, 3.05) is 5.32 Å². The lowest BCUT2D eigenvalue weighted by atomic mass is 10.0. The average Bonchev–Trinajstić information content (AvgIpc) is 3.25. The SMILES string of the molecule is CCc1cccc2c1c(-c1ncc(O)c(Nc3ccncc3C(=O)O)n1)nn2Cc1ccccc1F. The fourth-order valence-corrected chi connectivity index (χ4v) is 4.04. The quantitative estimate of drug-likeness (QED) is 0.301. The van der Waals surface area contributed by atoms with Gasteiger partial charge >= 0.3 is 5.97 Å². The highest BCUT2D eigenvalue weighted by atomic mass is 19.1. The highest BCUT2D eigenvalue weighted by Crippen LogP contribution is 2.33. The van der Waals surface area contributed by atoms with Gasteiger partial charge in [-0.25, -0.2) is 19.2 Å². The smallest absolute Gasteiger partial charge is 0.339 e. The van der Waals surface area contributed by atoms with E-state index in [-0.39, 0.29) is 41.0 Å². The number of aromatic carboxylic acids is 1. The second-order valence-corrected chi connectivity index (χ2v) is 8.04. The number of carboxylic acids is 1. The van der Waals surface area contributed by atoms with Gasteiger partial charge in [-0.05, 0) is 30.2 Å². The van der Waals surface area contributed by atoms with Crippen LogP contribution in [0.3, 0.4) is 0 Å². The van der Waals surface area contributed by atoms with Gasteiger partial charge in [-0.2, -0.15) is 5.10 Å². The fourth-order valence-electron chi connectivity index (χ4n) is 4.04. The van der Waals surface area contributed by atoms with Crippen molar-refractivity contribution in [3.63, 3.8) is 0 Å². The van der Waals surface area contributed by atoms with Crippen LogP contribution in [0.4, 0.5) is 15.9 Å². The first kappa shape index (κ1) is 22.9. The summed E-state index contributed by atoms with van der Waals surface area (Å²) in [5.74, 6) is -1.53. The van der Waals surface area contributed by atoms with Gasteiger partial charge in [0.2, 0.25) is 0 Å². The lowest BCUT2D eigenvalue weighted by molar-refractivity contribution is 0.0697. The van der Waals surface area contributed by atoms with Crippen molar-refractivity contribution in [3.8, 4) is 17.3 Å². The van der Waals surface area contributed by atoms with Crippen LogP contribution in [0.1, 0.15) is 28.4 Å². The molecule has 0 atom stereocenters. The molecule has 180 valence electrons. The topological polar surface area (TPSA) is 126 Å². The molecule has 3 heterocycles. The minimum Gasteiger partial charge on any atom is -0.503 e. The second kappa shape index (κ2) is 9.41. The maximum atomic E-state index is 14.4. The summed E-state index contributed by atoms with van der Waals surface area (Å²) in [5.41, 5.74) is 2.89. The van der Waals surface area contributed by atoms with Gasteiger partial charge in [0.1, 0.15) is 17.1 Å². The molecule has 0 bridgehead atoms. The third-order valence-electron chi connectivity index (χ3n) is 5.81. The van der Waals surface area contributed by atoms with E-state index in [4.69, 9.17) is 5.10 Å². The Morgan fingerprint density at radius 2 is 1.89 bits per heavy atom. The summed E-state index contributed by atoms with van der Waals surface area (Å²) < 4.78 is 16.1. The summed E-state index contributed by atoms with van der Waals surface area (Å²) in [6.07, 6.45) is 4.58. The molecule has 0 unspecified atom stereocenters. The van der Waals surface area contributed by atoms with E-state index < -0.39 is 5.97 Å². The Bertz CT molecular complexity index is 1600. The molecule has 0 radical (unpaired) electrons. The van der Waals surface area contributed by atoms with Crippen LogP contribution in [0.2, 0.25) is 0 Å². The van der Waals surface area contributed by atoms with Crippen LogP contribution in [0.15, 0.2) is 67.1 Å². The molecule has 0 aliphatic carbocycles. The molecule has 10 heteroatoms. The number of hydrogen-bond acceptors (Lipinski definition) is 7. The monoisotopic (exact) mass is 484 g/mol. The number of nitrogens with zero attached hydrogens (tertiary/aromatic N) is 5. The Labute approximate surface area is 204 Å². The summed E-state index contributed by atoms with van der Waals surface area (Å²) in [7, 11) is 0. The van der Waals surface area contributed by atoms with Gasteiger partial charge in [-0.3, -0.25) is 9.67 Å². The van der Waals surface area contributed by atoms with E-state index in [0.717, 1.165) is 22.9 Å². The van der Waals surface area contributed by atoms with Crippen molar-refractivity contribution in [1.82, 2.24) is 24.7 Å². The molecule has 0 saturated carbocycles. The third kappa shape index (κ3) is 4.20. The highest BCUT2D eigenvalue weighted by molar-refractivity contribution is 5.96. The maximum absolute atomic E-state index is 14.4. The summed E-state index contributed by atoms with van der Waals surface area (Å²) in [4.78, 5) is 24.2. The number of carbonyl (C=O) groups is 1. The molecule has 9 nitrogen and oxygen atoms in total. The number of aryl methyl sites for hydroxylation is 1. The first-order valence-corrected chi connectivity index (χ1v) is 11.2. The molecule has 0 saturated heterocycles.